The van der Waals surface area contributed by atoms with E-state index in [0.29, 0.717) is 0 Å². The van der Waals surface area contributed by atoms with Gasteiger partial charge < -0.3 is 20.8 Å². The van der Waals surface area contributed by atoms with Crippen molar-refractivity contribution in [2.45, 2.75) is 6.54 Å². The number of benzene rings is 2. The Morgan fingerprint density at radius 3 is 2.70 bits per heavy atom. The molecular weight excluding hydrogens is 401 g/mol. The third-order valence-corrected chi connectivity index (χ3v) is 4.15. The average Bonchev–Trinajstić information content (AvgIpc) is 3.07. The van der Waals surface area contributed by atoms with Crippen LogP contribution >= 0.6 is 23.2 Å². The van der Waals surface area contributed by atoms with E-state index in [1.54, 1.807) is 0 Å². The Morgan fingerprint density at radius 1 is 1.26 bits per heavy atom. The molecule has 0 aliphatic rings. The number of H-pyrrole nitrogens is 1. The number of carbonyl (C=O) groups excluding carboxylic acids is 1. The van der Waals surface area contributed by atoms with Crippen LogP contribution in [-0.2, 0) is 6.54 Å². The molecule has 0 radical (unpaired) electrons. The smallest absolute Gasteiger partial charge is 0.273 e. The fourth-order valence-electron chi connectivity index (χ4n) is 2.20. The van der Waals surface area contributed by atoms with Gasteiger partial charge in [-0.25, -0.2) is 13.8 Å². The summed E-state index contributed by atoms with van der Waals surface area (Å²) in [5.74, 6) is -2.14. The number of hydrogen-bond acceptors (Lipinski definition) is 4. The van der Waals surface area contributed by atoms with E-state index in [0.717, 1.165) is 6.07 Å². The Labute approximate surface area is 162 Å². The van der Waals surface area contributed by atoms with Crippen LogP contribution in [0.1, 0.15) is 16.1 Å². The number of imidazole rings is 1. The summed E-state index contributed by atoms with van der Waals surface area (Å²) in [6.07, 6.45) is 1.26. The second-order valence-electron chi connectivity index (χ2n) is 5.38. The van der Waals surface area contributed by atoms with E-state index in [4.69, 9.17) is 33.7 Å². The standard InChI is InChI=1S/C17H12Cl2F2N4O2/c18-10-3-1-8(6-23-17(26)14-16(19)25-7-24-14)13(21)15(10)27-9-2-4-11(20)12(22)5-9/h1-5,7H,6,22H2,(H,23,26)(H,24,25). The molecule has 1 amide bonds. The van der Waals surface area contributed by atoms with Crippen molar-refractivity contribution < 1.29 is 18.3 Å². The molecule has 3 aromatic rings. The average molecular weight is 413 g/mol. The summed E-state index contributed by atoms with van der Waals surface area (Å²) in [4.78, 5) is 18.3. The fourth-order valence-corrected chi connectivity index (χ4v) is 2.57. The number of aromatic amines is 1. The summed E-state index contributed by atoms with van der Waals surface area (Å²) >= 11 is 11.8. The number of nitrogens with one attached hydrogen (secondary N) is 2. The Balaban J connectivity index is 1.79. The van der Waals surface area contributed by atoms with Gasteiger partial charge in [-0.3, -0.25) is 4.79 Å². The van der Waals surface area contributed by atoms with Gasteiger partial charge in [-0.1, -0.05) is 29.3 Å². The number of aromatic nitrogens is 2. The van der Waals surface area contributed by atoms with E-state index in [-0.39, 0.29) is 45.2 Å². The first-order valence-electron chi connectivity index (χ1n) is 7.53. The zero-order chi connectivity index (χ0) is 19.6. The number of hydrogen-bond donors (Lipinski definition) is 3. The molecule has 6 nitrogen and oxygen atoms in total. The second kappa shape index (κ2) is 7.81. The summed E-state index contributed by atoms with van der Waals surface area (Å²) in [6, 6.07) is 6.40. The lowest BCUT2D eigenvalue weighted by molar-refractivity contribution is 0.0946. The van der Waals surface area contributed by atoms with Crippen LogP contribution in [0.2, 0.25) is 10.2 Å². The van der Waals surface area contributed by atoms with Gasteiger partial charge >= 0.3 is 0 Å². The highest BCUT2D eigenvalue weighted by Gasteiger charge is 2.18. The number of anilines is 1. The SMILES string of the molecule is Nc1cc(Oc2c(Cl)ccc(CNC(=O)c3nc[nH]c3Cl)c2F)ccc1F. The topological polar surface area (TPSA) is 93.0 Å². The molecule has 4 N–H and O–H groups in total. The number of amides is 1. The van der Waals surface area contributed by atoms with Gasteiger partial charge in [0.25, 0.3) is 5.91 Å². The van der Waals surface area contributed by atoms with Gasteiger partial charge in [0.05, 0.1) is 17.0 Å². The highest BCUT2D eigenvalue weighted by atomic mass is 35.5. The zero-order valence-corrected chi connectivity index (χ0v) is 15.0. The van der Waals surface area contributed by atoms with Gasteiger partial charge in [0.2, 0.25) is 0 Å². The fraction of sp³-hybridized carbons (Fsp3) is 0.0588. The maximum Gasteiger partial charge on any atom is 0.273 e. The van der Waals surface area contributed by atoms with Crippen LogP contribution in [0.3, 0.4) is 0 Å². The van der Waals surface area contributed by atoms with Gasteiger partial charge in [-0.15, -0.1) is 0 Å². The minimum absolute atomic E-state index is 0.000758. The second-order valence-corrected chi connectivity index (χ2v) is 6.17. The first kappa shape index (κ1) is 18.9. The lowest BCUT2D eigenvalue weighted by Crippen LogP contribution is -2.24. The number of ether oxygens (including phenoxy) is 1. The number of halogens is 4. The van der Waals surface area contributed by atoms with E-state index in [1.807, 2.05) is 0 Å². The lowest BCUT2D eigenvalue weighted by Gasteiger charge is -2.13. The molecule has 0 bridgehead atoms. The van der Waals surface area contributed by atoms with Crippen LogP contribution < -0.4 is 15.8 Å². The Morgan fingerprint density at radius 2 is 2.04 bits per heavy atom. The molecule has 0 aliphatic heterocycles. The predicted octanol–water partition coefficient (Wildman–Crippen LogP) is 4.30. The monoisotopic (exact) mass is 412 g/mol. The molecule has 140 valence electrons. The normalized spacial score (nSPS) is 10.7. The molecule has 0 unspecified atom stereocenters. The number of rotatable bonds is 5. The maximum absolute atomic E-state index is 14.8. The summed E-state index contributed by atoms with van der Waals surface area (Å²) in [6.45, 7) is -0.160. The molecular formula is C17H12Cl2F2N4O2. The molecule has 27 heavy (non-hydrogen) atoms. The minimum Gasteiger partial charge on any atom is -0.453 e. The van der Waals surface area contributed by atoms with Gasteiger partial charge in [0.1, 0.15) is 16.7 Å². The van der Waals surface area contributed by atoms with Crippen molar-refractivity contribution in [1.29, 1.82) is 0 Å². The summed E-state index contributed by atoms with van der Waals surface area (Å²) in [5.41, 5.74) is 5.43. The van der Waals surface area contributed by atoms with Gasteiger partial charge in [-0.2, -0.15) is 0 Å². The molecule has 0 saturated carbocycles. The van der Waals surface area contributed by atoms with Crippen LogP contribution in [0.4, 0.5) is 14.5 Å². The largest absolute Gasteiger partial charge is 0.453 e. The van der Waals surface area contributed by atoms with E-state index in [9.17, 15) is 13.6 Å². The van der Waals surface area contributed by atoms with Gasteiger partial charge in [0, 0.05) is 18.2 Å². The van der Waals surface area contributed by atoms with Crippen molar-refractivity contribution in [2.75, 3.05) is 5.73 Å². The quantitative estimate of drug-likeness (QED) is 0.544. The number of nitrogen functional groups attached to an aromatic ring is 1. The van der Waals surface area contributed by atoms with Gasteiger partial charge in [0.15, 0.2) is 17.3 Å². The van der Waals surface area contributed by atoms with Crippen molar-refractivity contribution in [3.05, 3.63) is 69.7 Å². The van der Waals surface area contributed by atoms with Crippen molar-refractivity contribution >= 4 is 34.8 Å². The summed E-state index contributed by atoms with van der Waals surface area (Å²) < 4.78 is 33.4. The van der Waals surface area contributed by atoms with E-state index >= 15 is 0 Å². The van der Waals surface area contributed by atoms with Crippen molar-refractivity contribution in [3.8, 4) is 11.5 Å². The molecule has 3 rings (SSSR count). The Kier molecular flexibility index (Phi) is 5.48. The van der Waals surface area contributed by atoms with Crippen LogP contribution in [0, 0.1) is 11.6 Å². The van der Waals surface area contributed by atoms with Crippen molar-refractivity contribution in [3.63, 3.8) is 0 Å². The van der Waals surface area contributed by atoms with Crippen molar-refractivity contribution in [2.24, 2.45) is 0 Å². The predicted molar refractivity (Wildman–Crippen MR) is 97.1 cm³/mol. The molecule has 10 heteroatoms. The molecule has 0 fully saturated rings. The highest BCUT2D eigenvalue weighted by molar-refractivity contribution is 6.32. The first-order valence-corrected chi connectivity index (χ1v) is 8.29. The molecule has 0 aliphatic carbocycles. The minimum atomic E-state index is -0.779. The molecule has 0 spiro atoms. The third kappa shape index (κ3) is 4.12. The van der Waals surface area contributed by atoms with Crippen LogP contribution in [-0.4, -0.2) is 15.9 Å². The van der Waals surface area contributed by atoms with E-state index in [1.165, 1.54) is 30.6 Å². The Hall–Kier alpha value is -2.84. The maximum atomic E-state index is 14.8. The summed E-state index contributed by atoms with van der Waals surface area (Å²) in [7, 11) is 0. The van der Waals surface area contributed by atoms with E-state index in [2.05, 4.69) is 15.3 Å². The van der Waals surface area contributed by atoms with E-state index < -0.39 is 17.5 Å². The van der Waals surface area contributed by atoms with Crippen LogP contribution in [0.15, 0.2) is 36.7 Å². The third-order valence-electron chi connectivity index (χ3n) is 3.56. The summed E-state index contributed by atoms with van der Waals surface area (Å²) in [5, 5.41) is 2.57. The van der Waals surface area contributed by atoms with Crippen molar-refractivity contribution in [1.82, 2.24) is 15.3 Å². The number of nitrogens with two attached hydrogens (primary N) is 1. The first-order chi connectivity index (χ1) is 12.9. The molecule has 1 aromatic heterocycles. The number of carbonyl (C=O) groups is 1. The lowest BCUT2D eigenvalue weighted by atomic mass is 10.2. The van der Waals surface area contributed by atoms with Crippen LogP contribution in [0.25, 0.3) is 0 Å². The molecule has 0 saturated heterocycles. The molecule has 0 atom stereocenters. The number of nitrogens with zero attached hydrogens (tertiary/aromatic N) is 1. The molecule has 1 heterocycles. The molecule has 2 aromatic carbocycles. The highest BCUT2D eigenvalue weighted by Crippen LogP contribution is 2.34. The zero-order valence-electron chi connectivity index (χ0n) is 13.5. The Bertz CT molecular complexity index is 1010. The van der Waals surface area contributed by atoms with Gasteiger partial charge in [-0.05, 0) is 18.2 Å². The van der Waals surface area contributed by atoms with Crippen LogP contribution in [0.5, 0.6) is 11.5 Å².